The quantitative estimate of drug-likeness (QED) is 0.117. The Morgan fingerprint density at radius 1 is 0.791 bits per heavy atom. The van der Waals surface area contributed by atoms with Crippen LogP contribution in [0.2, 0.25) is 0 Å². The van der Waals surface area contributed by atoms with E-state index in [2.05, 4.69) is 10.6 Å². The molecule has 2 unspecified atom stereocenters. The SMILES string of the molecule is N#Cc1c(O)c(C2NC(c3cccc4c3oc3ccccc34)=NC(c3cccc(-c4ccccc4)c3)N2)c(O)c(O)c1F. The number of phenolic OH excluding ortho intramolecular Hbond substituents is 3. The third kappa shape index (κ3) is 4.29. The number of nitriles is 1. The fraction of sp³-hybridized carbons (Fsp3) is 0.0588. The first-order chi connectivity index (χ1) is 20.9. The van der Waals surface area contributed by atoms with Crippen molar-refractivity contribution in [3.8, 4) is 34.4 Å². The Morgan fingerprint density at radius 3 is 2.33 bits per heavy atom. The van der Waals surface area contributed by atoms with E-state index < -0.39 is 41.0 Å². The van der Waals surface area contributed by atoms with Crippen LogP contribution in [0, 0.1) is 17.1 Å². The first-order valence-corrected chi connectivity index (χ1v) is 13.5. The summed E-state index contributed by atoms with van der Waals surface area (Å²) in [6, 6.07) is 32.4. The van der Waals surface area contributed by atoms with Gasteiger partial charge in [0.05, 0.1) is 11.1 Å². The molecule has 1 aromatic heterocycles. The smallest absolute Gasteiger partial charge is 0.196 e. The van der Waals surface area contributed by atoms with Crippen LogP contribution in [0.25, 0.3) is 33.1 Å². The lowest BCUT2D eigenvalue weighted by atomic mass is 9.99. The van der Waals surface area contributed by atoms with Crippen LogP contribution in [-0.2, 0) is 0 Å². The lowest BCUT2D eigenvalue weighted by molar-refractivity contribution is 0.338. The second-order valence-corrected chi connectivity index (χ2v) is 10.2. The monoisotopic (exact) mass is 570 g/mol. The Bertz CT molecular complexity index is 2120. The number of hydrogen-bond donors (Lipinski definition) is 5. The number of phenols is 3. The highest BCUT2D eigenvalue weighted by molar-refractivity contribution is 6.14. The van der Waals surface area contributed by atoms with Gasteiger partial charge in [0.15, 0.2) is 17.3 Å². The minimum absolute atomic E-state index is 0.302. The van der Waals surface area contributed by atoms with Crippen molar-refractivity contribution in [2.24, 2.45) is 4.99 Å². The third-order valence-corrected chi connectivity index (χ3v) is 7.63. The molecule has 5 aromatic carbocycles. The van der Waals surface area contributed by atoms with Crippen molar-refractivity contribution in [2.45, 2.75) is 12.3 Å². The van der Waals surface area contributed by atoms with Gasteiger partial charge in [-0.05, 0) is 34.9 Å². The number of nitrogens with one attached hydrogen (secondary N) is 2. The molecule has 0 spiro atoms. The highest BCUT2D eigenvalue weighted by atomic mass is 19.1. The zero-order valence-electron chi connectivity index (χ0n) is 22.4. The van der Waals surface area contributed by atoms with E-state index in [-0.39, 0.29) is 5.56 Å². The van der Waals surface area contributed by atoms with E-state index in [9.17, 15) is 25.0 Å². The fourth-order valence-electron chi connectivity index (χ4n) is 5.54. The van der Waals surface area contributed by atoms with E-state index in [1.807, 2.05) is 97.1 Å². The lowest BCUT2D eigenvalue weighted by Gasteiger charge is -2.33. The largest absolute Gasteiger partial charge is 0.506 e. The summed E-state index contributed by atoms with van der Waals surface area (Å²) in [6.07, 6.45) is -1.85. The van der Waals surface area contributed by atoms with Gasteiger partial charge in [-0.1, -0.05) is 78.9 Å². The number of benzene rings is 5. The van der Waals surface area contributed by atoms with Gasteiger partial charge < -0.3 is 25.1 Å². The summed E-state index contributed by atoms with van der Waals surface area (Å²) < 4.78 is 20.8. The Kier molecular flexibility index (Phi) is 6.19. The van der Waals surface area contributed by atoms with Gasteiger partial charge in [-0.15, -0.1) is 0 Å². The Morgan fingerprint density at radius 2 is 1.51 bits per heavy atom. The van der Waals surface area contributed by atoms with Crippen molar-refractivity contribution in [3.63, 3.8) is 0 Å². The summed E-state index contributed by atoms with van der Waals surface area (Å²) in [4.78, 5) is 4.96. The number of rotatable bonds is 4. The summed E-state index contributed by atoms with van der Waals surface area (Å²) in [6.45, 7) is 0. The third-order valence-electron chi connectivity index (χ3n) is 7.63. The van der Waals surface area contributed by atoms with Crippen molar-refractivity contribution in [2.75, 3.05) is 0 Å². The van der Waals surface area contributed by atoms with Crippen LogP contribution in [0.5, 0.6) is 17.2 Å². The minimum Gasteiger partial charge on any atom is -0.506 e. The summed E-state index contributed by atoms with van der Waals surface area (Å²) in [5, 5.41) is 49.7. The Labute approximate surface area is 244 Å². The maximum Gasteiger partial charge on any atom is 0.196 e. The van der Waals surface area contributed by atoms with E-state index in [4.69, 9.17) is 9.41 Å². The zero-order chi connectivity index (χ0) is 29.7. The lowest BCUT2D eigenvalue weighted by Crippen LogP contribution is -2.45. The average molecular weight is 571 g/mol. The van der Waals surface area contributed by atoms with Gasteiger partial charge in [0.1, 0.15) is 46.7 Å². The topological polar surface area (TPSA) is 134 Å². The highest BCUT2D eigenvalue weighted by Crippen LogP contribution is 2.45. The molecular weight excluding hydrogens is 547 g/mol. The van der Waals surface area contributed by atoms with Crippen LogP contribution in [0.4, 0.5) is 4.39 Å². The van der Waals surface area contributed by atoms with Gasteiger partial charge in [-0.25, -0.2) is 9.38 Å². The fourth-order valence-corrected chi connectivity index (χ4v) is 5.54. The van der Waals surface area contributed by atoms with Crippen LogP contribution in [-0.4, -0.2) is 21.2 Å². The molecule has 8 nitrogen and oxygen atoms in total. The molecule has 0 amide bonds. The van der Waals surface area contributed by atoms with Crippen molar-refractivity contribution in [1.82, 2.24) is 10.6 Å². The number of hydrogen-bond acceptors (Lipinski definition) is 8. The molecule has 0 saturated carbocycles. The van der Waals surface area contributed by atoms with Crippen LogP contribution in [0.15, 0.2) is 106 Å². The maximum absolute atomic E-state index is 14.6. The molecular formula is C34H23FN4O4. The second kappa shape index (κ2) is 10.2. The number of fused-ring (bicyclic) bond motifs is 3. The molecule has 0 saturated heterocycles. The van der Waals surface area contributed by atoms with Crippen LogP contribution < -0.4 is 10.6 Å². The van der Waals surface area contributed by atoms with Gasteiger partial charge >= 0.3 is 0 Å². The summed E-state index contributed by atoms with van der Waals surface area (Å²) in [7, 11) is 0. The summed E-state index contributed by atoms with van der Waals surface area (Å²) in [5.74, 6) is -3.91. The van der Waals surface area contributed by atoms with Gasteiger partial charge in [0, 0.05) is 10.8 Å². The van der Waals surface area contributed by atoms with E-state index in [0.29, 0.717) is 22.6 Å². The van der Waals surface area contributed by atoms with E-state index in [1.165, 1.54) is 0 Å². The first-order valence-electron chi connectivity index (χ1n) is 13.5. The van der Waals surface area contributed by atoms with Gasteiger partial charge in [0.2, 0.25) is 0 Å². The van der Waals surface area contributed by atoms with Gasteiger partial charge in [-0.3, -0.25) is 5.32 Å². The standard InChI is InChI=1S/C34H23FN4O4/c35-27-24(17-36)28(40)26(29(41)30(27)42)34-38-32(20-11-6-10-19(16-20)18-8-2-1-3-9-18)37-33(39-34)23-14-7-13-22-21-12-4-5-15-25(21)43-31(22)23/h1-16,32,34,38,40-42H,(H,37,39). The van der Waals surface area contributed by atoms with Crippen LogP contribution >= 0.6 is 0 Å². The number of amidine groups is 1. The van der Waals surface area contributed by atoms with Crippen molar-refractivity contribution >= 4 is 27.8 Å². The molecule has 0 radical (unpaired) electrons. The molecule has 9 heteroatoms. The number of aliphatic imine (C=N–C) groups is 1. The van der Waals surface area contributed by atoms with Gasteiger partial charge in [-0.2, -0.15) is 5.26 Å². The molecule has 6 aromatic rings. The zero-order valence-corrected chi connectivity index (χ0v) is 22.4. The average Bonchev–Trinajstić information content (AvgIpc) is 3.43. The molecule has 5 N–H and O–H groups in total. The second-order valence-electron chi connectivity index (χ2n) is 10.2. The molecule has 210 valence electrons. The predicted octanol–water partition coefficient (Wildman–Crippen LogP) is 6.72. The number of nitrogens with zero attached hydrogens (tertiary/aromatic N) is 2. The number of furan rings is 1. The van der Waals surface area contributed by atoms with E-state index >= 15 is 0 Å². The van der Waals surface area contributed by atoms with E-state index in [0.717, 1.165) is 27.5 Å². The summed E-state index contributed by atoms with van der Waals surface area (Å²) in [5.41, 5.74) is 3.49. The number of para-hydroxylation sites is 2. The molecule has 0 bridgehead atoms. The first kappa shape index (κ1) is 26.1. The van der Waals surface area contributed by atoms with E-state index in [1.54, 1.807) is 6.07 Å². The molecule has 7 rings (SSSR count). The van der Waals surface area contributed by atoms with Crippen LogP contribution in [0.3, 0.4) is 0 Å². The maximum atomic E-state index is 14.6. The molecule has 0 fully saturated rings. The number of halogens is 1. The normalized spacial score (nSPS) is 16.5. The predicted molar refractivity (Wildman–Crippen MR) is 160 cm³/mol. The number of aromatic hydroxyl groups is 3. The summed E-state index contributed by atoms with van der Waals surface area (Å²) >= 11 is 0. The Hall–Kier alpha value is -5.85. The molecule has 43 heavy (non-hydrogen) atoms. The Balaban J connectivity index is 1.42. The van der Waals surface area contributed by atoms with Crippen molar-refractivity contribution < 1.29 is 24.1 Å². The molecule has 2 heterocycles. The molecule has 2 atom stereocenters. The minimum atomic E-state index is -1.41. The van der Waals surface area contributed by atoms with Gasteiger partial charge in [0.25, 0.3) is 0 Å². The molecule has 0 aliphatic carbocycles. The van der Waals surface area contributed by atoms with Crippen molar-refractivity contribution in [1.29, 1.82) is 5.26 Å². The molecule has 1 aliphatic heterocycles. The van der Waals surface area contributed by atoms with Crippen LogP contribution in [0.1, 0.15) is 34.6 Å². The molecule has 1 aliphatic rings. The van der Waals surface area contributed by atoms with Crippen molar-refractivity contribution in [3.05, 3.63) is 125 Å². The highest BCUT2D eigenvalue weighted by Gasteiger charge is 2.34.